The smallest absolute Gasteiger partial charge is 0.254 e. The predicted octanol–water partition coefficient (Wildman–Crippen LogP) is 2.68. The molecule has 1 aromatic carbocycles. The van der Waals surface area contributed by atoms with Crippen LogP contribution in [0.15, 0.2) is 12.1 Å². The zero-order valence-corrected chi connectivity index (χ0v) is 16.1. The summed E-state index contributed by atoms with van der Waals surface area (Å²) in [6.45, 7) is 1.31. The molecule has 142 valence electrons. The number of benzene rings is 1. The fraction of sp³-hybridized carbons (Fsp3) is 0.611. The van der Waals surface area contributed by atoms with E-state index in [1.807, 2.05) is 0 Å². The van der Waals surface area contributed by atoms with Crippen molar-refractivity contribution in [3.05, 3.63) is 22.7 Å². The van der Waals surface area contributed by atoms with Gasteiger partial charge in [-0.3, -0.25) is 4.79 Å². The number of hydrogen-bond acceptors (Lipinski definition) is 5. The molecule has 2 fully saturated rings. The molecule has 0 unspecified atom stereocenters. The van der Waals surface area contributed by atoms with Crippen LogP contribution in [0.5, 0.6) is 11.5 Å². The van der Waals surface area contributed by atoms with E-state index in [0.29, 0.717) is 48.1 Å². The average Bonchev–Trinajstić information content (AvgIpc) is 2.64. The molecule has 1 amide bonds. The second kappa shape index (κ2) is 6.60. The van der Waals surface area contributed by atoms with Crippen LogP contribution in [-0.4, -0.2) is 56.0 Å². The highest BCUT2D eigenvalue weighted by atomic mass is 35.5. The van der Waals surface area contributed by atoms with Crippen LogP contribution in [0.3, 0.4) is 0 Å². The SMILES string of the molecule is O=C(c1cc(Cl)c2c(c1)OCCO2)N1CCS(=O)(=O)C2(CCCCC2)C1. The second-order valence-corrected chi connectivity index (χ2v) is 10.2. The molecule has 4 rings (SSSR count). The molecule has 0 N–H and O–H groups in total. The van der Waals surface area contributed by atoms with Crippen LogP contribution in [0.2, 0.25) is 5.02 Å². The fourth-order valence-corrected chi connectivity index (χ4v) is 6.65. The van der Waals surface area contributed by atoms with E-state index in [2.05, 4.69) is 0 Å². The molecule has 1 spiro atoms. The quantitative estimate of drug-likeness (QED) is 0.725. The molecule has 0 radical (unpaired) electrons. The largest absolute Gasteiger partial charge is 0.486 e. The minimum Gasteiger partial charge on any atom is -0.486 e. The molecule has 2 aliphatic heterocycles. The number of sulfone groups is 1. The van der Waals surface area contributed by atoms with E-state index < -0.39 is 14.6 Å². The van der Waals surface area contributed by atoms with Gasteiger partial charge in [0, 0.05) is 18.7 Å². The van der Waals surface area contributed by atoms with E-state index in [9.17, 15) is 13.2 Å². The summed E-state index contributed by atoms with van der Waals surface area (Å²) in [5, 5.41) is 0.336. The molecule has 1 aliphatic carbocycles. The molecular formula is C18H22ClNO5S. The van der Waals surface area contributed by atoms with E-state index in [1.54, 1.807) is 17.0 Å². The van der Waals surface area contributed by atoms with Crippen molar-refractivity contribution >= 4 is 27.3 Å². The number of fused-ring (bicyclic) bond motifs is 1. The maximum Gasteiger partial charge on any atom is 0.254 e. The van der Waals surface area contributed by atoms with Crippen LogP contribution >= 0.6 is 11.6 Å². The van der Waals surface area contributed by atoms with Crippen LogP contribution in [0.1, 0.15) is 42.5 Å². The third-order valence-electron chi connectivity index (χ3n) is 5.66. The number of amides is 1. The highest BCUT2D eigenvalue weighted by molar-refractivity contribution is 7.92. The van der Waals surface area contributed by atoms with Crippen LogP contribution < -0.4 is 9.47 Å². The number of nitrogens with zero attached hydrogens (tertiary/aromatic N) is 1. The Kier molecular flexibility index (Phi) is 4.55. The number of carbonyl (C=O) groups is 1. The Labute approximate surface area is 158 Å². The predicted molar refractivity (Wildman–Crippen MR) is 97.9 cm³/mol. The van der Waals surface area contributed by atoms with E-state index in [1.165, 1.54) is 0 Å². The summed E-state index contributed by atoms with van der Waals surface area (Å²) in [7, 11) is -3.18. The Balaban J connectivity index is 1.62. The standard InChI is InChI=1S/C18H22ClNO5S/c19-14-10-13(11-15-16(14)25-8-7-24-15)17(21)20-6-9-26(22,23)18(12-20)4-2-1-3-5-18/h10-11H,1-9,12H2. The first-order valence-corrected chi connectivity index (χ1v) is 11.1. The molecular weight excluding hydrogens is 378 g/mol. The zero-order valence-electron chi connectivity index (χ0n) is 14.5. The van der Waals surface area contributed by atoms with Gasteiger partial charge in [0.05, 0.1) is 15.5 Å². The Morgan fingerprint density at radius 2 is 1.85 bits per heavy atom. The molecule has 1 aromatic rings. The van der Waals surface area contributed by atoms with Gasteiger partial charge in [0.1, 0.15) is 13.2 Å². The van der Waals surface area contributed by atoms with Crippen molar-refractivity contribution < 1.29 is 22.7 Å². The van der Waals surface area contributed by atoms with E-state index >= 15 is 0 Å². The lowest BCUT2D eigenvalue weighted by molar-refractivity contribution is 0.0722. The lowest BCUT2D eigenvalue weighted by Gasteiger charge is -2.44. The van der Waals surface area contributed by atoms with Gasteiger partial charge in [0.25, 0.3) is 5.91 Å². The summed E-state index contributed by atoms with van der Waals surface area (Å²) < 4.78 is 35.7. The monoisotopic (exact) mass is 399 g/mol. The lowest BCUT2D eigenvalue weighted by atomic mass is 9.87. The summed E-state index contributed by atoms with van der Waals surface area (Å²) in [5.41, 5.74) is 0.407. The number of halogens is 1. The first-order valence-electron chi connectivity index (χ1n) is 9.03. The third-order valence-corrected chi connectivity index (χ3v) is 8.52. The molecule has 26 heavy (non-hydrogen) atoms. The summed E-state index contributed by atoms with van der Waals surface area (Å²) in [4.78, 5) is 14.7. The molecule has 3 aliphatic rings. The molecule has 2 heterocycles. The van der Waals surface area contributed by atoms with Crippen LogP contribution in [0.25, 0.3) is 0 Å². The Hall–Kier alpha value is -1.47. The van der Waals surface area contributed by atoms with Gasteiger partial charge >= 0.3 is 0 Å². The molecule has 0 aromatic heterocycles. The molecule has 0 atom stereocenters. The fourth-order valence-electron chi connectivity index (χ4n) is 4.23. The van der Waals surface area contributed by atoms with Crippen molar-refractivity contribution in [2.24, 2.45) is 0 Å². The maximum atomic E-state index is 13.1. The lowest BCUT2D eigenvalue weighted by Crippen LogP contribution is -2.58. The van der Waals surface area contributed by atoms with Crippen LogP contribution in [-0.2, 0) is 9.84 Å². The summed E-state index contributed by atoms with van der Waals surface area (Å²) in [6.07, 6.45) is 4.14. The van der Waals surface area contributed by atoms with Crippen LogP contribution in [0, 0.1) is 0 Å². The molecule has 0 bridgehead atoms. The van der Waals surface area contributed by atoms with Crippen molar-refractivity contribution in [3.8, 4) is 11.5 Å². The maximum absolute atomic E-state index is 13.1. The van der Waals surface area contributed by atoms with Gasteiger partial charge in [0.15, 0.2) is 21.3 Å². The highest BCUT2D eigenvalue weighted by Crippen LogP contribution is 2.41. The van der Waals surface area contributed by atoms with Crippen molar-refractivity contribution in [3.63, 3.8) is 0 Å². The van der Waals surface area contributed by atoms with Gasteiger partial charge in [-0.15, -0.1) is 0 Å². The van der Waals surface area contributed by atoms with Crippen LogP contribution in [0.4, 0.5) is 0 Å². The van der Waals surface area contributed by atoms with Gasteiger partial charge in [-0.25, -0.2) is 8.42 Å². The Bertz CT molecular complexity index is 832. The van der Waals surface area contributed by atoms with Crippen molar-refractivity contribution in [2.75, 3.05) is 32.1 Å². The first kappa shape index (κ1) is 17.9. The Morgan fingerprint density at radius 1 is 1.12 bits per heavy atom. The van der Waals surface area contributed by atoms with Crippen molar-refractivity contribution in [2.45, 2.75) is 36.9 Å². The average molecular weight is 400 g/mol. The molecule has 8 heteroatoms. The van der Waals surface area contributed by atoms with Crippen molar-refractivity contribution in [1.29, 1.82) is 0 Å². The highest BCUT2D eigenvalue weighted by Gasteiger charge is 2.49. The molecule has 6 nitrogen and oxygen atoms in total. The third kappa shape index (κ3) is 2.95. The first-order chi connectivity index (χ1) is 12.4. The number of hydrogen-bond donors (Lipinski definition) is 0. The van der Waals surface area contributed by atoms with Gasteiger partial charge in [-0.2, -0.15) is 0 Å². The van der Waals surface area contributed by atoms with Crippen molar-refractivity contribution in [1.82, 2.24) is 4.90 Å². The number of rotatable bonds is 1. The normalized spacial score (nSPS) is 23.7. The molecule has 1 saturated heterocycles. The number of carbonyl (C=O) groups excluding carboxylic acids is 1. The summed E-state index contributed by atoms with van der Waals surface area (Å²) in [6, 6.07) is 3.22. The van der Waals surface area contributed by atoms with Gasteiger partial charge in [-0.05, 0) is 25.0 Å². The summed E-state index contributed by atoms with van der Waals surface area (Å²) in [5.74, 6) is 0.740. The van der Waals surface area contributed by atoms with Gasteiger partial charge in [-0.1, -0.05) is 30.9 Å². The van der Waals surface area contributed by atoms with E-state index in [4.69, 9.17) is 21.1 Å². The van der Waals surface area contributed by atoms with E-state index in [0.717, 1.165) is 19.3 Å². The number of ether oxygens (including phenoxy) is 2. The van der Waals surface area contributed by atoms with Gasteiger partial charge in [0.2, 0.25) is 0 Å². The Morgan fingerprint density at radius 3 is 2.62 bits per heavy atom. The van der Waals surface area contributed by atoms with E-state index in [-0.39, 0.29) is 24.7 Å². The van der Waals surface area contributed by atoms with Gasteiger partial charge < -0.3 is 14.4 Å². The topological polar surface area (TPSA) is 72.9 Å². The molecule has 1 saturated carbocycles. The zero-order chi connectivity index (χ0) is 18.4. The minimum absolute atomic E-state index is 0.0248. The summed E-state index contributed by atoms with van der Waals surface area (Å²) >= 11 is 6.25. The second-order valence-electron chi connectivity index (χ2n) is 7.27. The minimum atomic E-state index is -3.18.